The average molecular weight is 419 g/mol. The van der Waals surface area contributed by atoms with Gasteiger partial charge in [0.25, 0.3) is 0 Å². The standard InChI is InChI=1S/C22H30N2O4S/c1-3-12-24-21(25)20-9-8-19-18-6-4-14-13-15(28-29(23,26)27)5-7-16(14)17(18)10-11-22(19,20)2/h5,7,9,13,17-19H,3-4,6,8,10-12H2,1-2H3,(H,24,25)(H2,23,26,27)/t17-,18-,19+,22+/m1/s1. The predicted molar refractivity (Wildman–Crippen MR) is 112 cm³/mol. The maximum Gasteiger partial charge on any atom is 0.380 e. The third-order valence-electron chi connectivity index (χ3n) is 7.27. The molecule has 4 atom stereocenters. The fraction of sp³-hybridized carbons (Fsp3) is 0.591. The predicted octanol–water partition coefficient (Wildman–Crippen LogP) is 3.19. The molecule has 158 valence electrons. The van der Waals surface area contributed by atoms with E-state index in [0.717, 1.165) is 56.2 Å². The number of hydrogen-bond acceptors (Lipinski definition) is 4. The molecule has 1 aromatic rings. The molecule has 0 bridgehead atoms. The Hall–Kier alpha value is -1.86. The van der Waals surface area contributed by atoms with Crippen molar-refractivity contribution in [3.8, 4) is 5.75 Å². The van der Waals surface area contributed by atoms with Crippen LogP contribution < -0.4 is 14.6 Å². The van der Waals surface area contributed by atoms with Crippen molar-refractivity contribution in [2.75, 3.05) is 6.54 Å². The molecule has 29 heavy (non-hydrogen) atoms. The van der Waals surface area contributed by atoms with Gasteiger partial charge in [0.2, 0.25) is 5.91 Å². The number of rotatable bonds is 5. The first-order valence-electron chi connectivity index (χ1n) is 10.6. The zero-order valence-electron chi connectivity index (χ0n) is 17.1. The summed E-state index contributed by atoms with van der Waals surface area (Å²) in [6.45, 7) is 5.06. The van der Waals surface area contributed by atoms with Crippen LogP contribution >= 0.6 is 0 Å². The number of carbonyl (C=O) groups excluding carboxylic acids is 1. The number of nitrogens with one attached hydrogen (secondary N) is 1. The highest BCUT2D eigenvalue weighted by Gasteiger charge is 2.53. The number of benzene rings is 1. The molecule has 3 N–H and O–H groups in total. The first-order valence-corrected chi connectivity index (χ1v) is 12.0. The van der Waals surface area contributed by atoms with Crippen molar-refractivity contribution in [2.24, 2.45) is 22.4 Å². The van der Waals surface area contributed by atoms with Crippen molar-refractivity contribution < 1.29 is 17.4 Å². The van der Waals surface area contributed by atoms with E-state index in [1.807, 2.05) is 12.1 Å². The second-order valence-electron chi connectivity index (χ2n) is 8.92. The minimum absolute atomic E-state index is 0.0484. The quantitative estimate of drug-likeness (QED) is 0.767. The van der Waals surface area contributed by atoms with Gasteiger partial charge in [0.05, 0.1) is 0 Å². The molecule has 0 spiro atoms. The van der Waals surface area contributed by atoms with Gasteiger partial charge in [-0.3, -0.25) is 4.79 Å². The van der Waals surface area contributed by atoms with Gasteiger partial charge in [-0.1, -0.05) is 26.0 Å². The fourth-order valence-electron chi connectivity index (χ4n) is 6.00. The number of hydrogen-bond donors (Lipinski definition) is 2. The third kappa shape index (κ3) is 3.70. The van der Waals surface area contributed by atoms with Crippen molar-refractivity contribution in [2.45, 2.75) is 58.3 Å². The van der Waals surface area contributed by atoms with Crippen LogP contribution in [-0.4, -0.2) is 20.9 Å². The van der Waals surface area contributed by atoms with Gasteiger partial charge in [0, 0.05) is 17.5 Å². The molecular formula is C22H30N2O4S. The topological polar surface area (TPSA) is 98.5 Å². The van der Waals surface area contributed by atoms with Crippen molar-refractivity contribution in [1.82, 2.24) is 5.32 Å². The summed E-state index contributed by atoms with van der Waals surface area (Å²) in [6.07, 6.45) is 8.07. The molecule has 7 heteroatoms. The maximum atomic E-state index is 12.7. The van der Waals surface area contributed by atoms with E-state index < -0.39 is 10.3 Å². The largest absolute Gasteiger partial charge is 0.380 e. The number of amides is 1. The van der Waals surface area contributed by atoms with Gasteiger partial charge in [-0.2, -0.15) is 13.6 Å². The lowest BCUT2D eigenvalue weighted by molar-refractivity contribution is -0.119. The summed E-state index contributed by atoms with van der Waals surface area (Å²) in [5.41, 5.74) is 3.39. The molecule has 3 aliphatic carbocycles. The molecule has 0 aromatic heterocycles. The Morgan fingerprint density at radius 2 is 2.14 bits per heavy atom. The van der Waals surface area contributed by atoms with E-state index in [0.29, 0.717) is 17.8 Å². The molecule has 4 rings (SSSR count). The normalized spacial score (nSPS) is 30.6. The number of nitrogens with two attached hydrogens (primary N) is 1. The minimum atomic E-state index is -4.01. The SMILES string of the molecule is CCCNC(=O)C1=CC[C@H]2[C@@H]3CCc4cc(OS(N)(=O)=O)ccc4[C@H]3CC[C@]12C. The van der Waals surface area contributed by atoms with Crippen LogP contribution in [-0.2, 0) is 21.5 Å². The molecule has 1 saturated carbocycles. The highest BCUT2D eigenvalue weighted by Crippen LogP contribution is 2.61. The first kappa shape index (κ1) is 20.4. The number of carbonyl (C=O) groups is 1. The second-order valence-corrected chi connectivity index (χ2v) is 10.1. The molecule has 1 amide bonds. The van der Waals surface area contributed by atoms with Crippen LogP contribution in [0.1, 0.15) is 63.0 Å². The smallest absolute Gasteiger partial charge is 0.371 e. The second kappa shape index (κ2) is 7.43. The van der Waals surface area contributed by atoms with E-state index in [2.05, 4.69) is 25.2 Å². The molecule has 0 saturated heterocycles. The number of aryl methyl sites for hydroxylation is 1. The lowest BCUT2D eigenvalue weighted by atomic mass is 9.54. The molecule has 0 aliphatic heterocycles. The Morgan fingerprint density at radius 1 is 1.34 bits per heavy atom. The van der Waals surface area contributed by atoms with E-state index in [4.69, 9.17) is 9.32 Å². The van der Waals surface area contributed by atoms with E-state index in [1.54, 1.807) is 6.07 Å². The summed E-state index contributed by atoms with van der Waals surface area (Å²) in [5.74, 6) is 1.86. The molecule has 6 nitrogen and oxygen atoms in total. The zero-order chi connectivity index (χ0) is 20.8. The van der Waals surface area contributed by atoms with Gasteiger partial charge in [-0.25, -0.2) is 0 Å². The van der Waals surface area contributed by atoms with Crippen molar-refractivity contribution in [3.05, 3.63) is 41.0 Å². The van der Waals surface area contributed by atoms with Gasteiger partial charge < -0.3 is 9.50 Å². The van der Waals surface area contributed by atoms with Crippen LogP contribution in [0.5, 0.6) is 5.75 Å². The monoisotopic (exact) mass is 418 g/mol. The minimum Gasteiger partial charge on any atom is -0.371 e. The molecule has 1 aromatic carbocycles. The highest BCUT2D eigenvalue weighted by molar-refractivity contribution is 7.84. The van der Waals surface area contributed by atoms with Gasteiger partial charge in [-0.15, -0.1) is 0 Å². The summed E-state index contributed by atoms with van der Waals surface area (Å²) < 4.78 is 27.3. The summed E-state index contributed by atoms with van der Waals surface area (Å²) in [4.78, 5) is 12.7. The maximum absolute atomic E-state index is 12.7. The van der Waals surface area contributed by atoms with Gasteiger partial charge in [0.15, 0.2) is 0 Å². The molecule has 0 heterocycles. The fourth-order valence-corrected chi connectivity index (χ4v) is 6.37. The van der Waals surface area contributed by atoms with Crippen LogP contribution in [0.4, 0.5) is 0 Å². The lowest BCUT2D eigenvalue weighted by Gasteiger charge is -2.50. The Labute approximate surface area is 173 Å². The van der Waals surface area contributed by atoms with Crippen molar-refractivity contribution >= 4 is 16.2 Å². The number of allylic oxidation sites excluding steroid dienone is 1. The molecule has 0 unspecified atom stereocenters. The Balaban J connectivity index is 1.56. The molecule has 0 radical (unpaired) electrons. The highest BCUT2D eigenvalue weighted by atomic mass is 32.2. The molecular weight excluding hydrogens is 388 g/mol. The lowest BCUT2D eigenvalue weighted by Crippen LogP contribution is -2.44. The van der Waals surface area contributed by atoms with E-state index in [1.165, 1.54) is 5.56 Å². The average Bonchev–Trinajstić information content (AvgIpc) is 3.01. The molecule has 1 fully saturated rings. The van der Waals surface area contributed by atoms with Crippen LogP contribution in [0.3, 0.4) is 0 Å². The van der Waals surface area contributed by atoms with Crippen LogP contribution in [0.15, 0.2) is 29.8 Å². The van der Waals surface area contributed by atoms with E-state index in [-0.39, 0.29) is 17.1 Å². The summed E-state index contributed by atoms with van der Waals surface area (Å²) in [7, 11) is -4.01. The van der Waals surface area contributed by atoms with Crippen LogP contribution in [0.25, 0.3) is 0 Å². The van der Waals surface area contributed by atoms with E-state index >= 15 is 0 Å². The number of fused-ring (bicyclic) bond motifs is 5. The van der Waals surface area contributed by atoms with Crippen LogP contribution in [0, 0.1) is 17.3 Å². The van der Waals surface area contributed by atoms with Gasteiger partial charge >= 0.3 is 10.3 Å². The summed E-state index contributed by atoms with van der Waals surface area (Å²) in [6, 6.07) is 5.53. The van der Waals surface area contributed by atoms with E-state index in [9.17, 15) is 13.2 Å². The Morgan fingerprint density at radius 3 is 2.86 bits per heavy atom. The molecule has 3 aliphatic rings. The third-order valence-corrected chi connectivity index (χ3v) is 7.70. The van der Waals surface area contributed by atoms with Gasteiger partial charge in [-0.05, 0) is 79.5 Å². The van der Waals surface area contributed by atoms with Crippen molar-refractivity contribution in [3.63, 3.8) is 0 Å². The zero-order valence-corrected chi connectivity index (χ0v) is 17.9. The summed E-state index contributed by atoms with van der Waals surface area (Å²) in [5, 5.41) is 8.07. The van der Waals surface area contributed by atoms with Crippen LogP contribution in [0.2, 0.25) is 0 Å². The Kier molecular flexibility index (Phi) is 5.23. The Bertz CT molecular complexity index is 956. The summed E-state index contributed by atoms with van der Waals surface area (Å²) >= 11 is 0. The first-order chi connectivity index (χ1) is 13.7. The van der Waals surface area contributed by atoms with Crippen molar-refractivity contribution in [1.29, 1.82) is 0 Å². The van der Waals surface area contributed by atoms with Gasteiger partial charge in [0.1, 0.15) is 5.75 Å².